The van der Waals surface area contributed by atoms with Gasteiger partial charge in [0.1, 0.15) is 5.82 Å². The number of nitrogens with one attached hydrogen (secondary N) is 1. The number of nitrogens with zero attached hydrogens (tertiary/aromatic N) is 2. The summed E-state index contributed by atoms with van der Waals surface area (Å²) in [6, 6.07) is 18.4. The monoisotopic (exact) mass is 365 g/mol. The zero-order valence-electron chi connectivity index (χ0n) is 13.9. The molecule has 7 heteroatoms. The van der Waals surface area contributed by atoms with Gasteiger partial charge in [-0.1, -0.05) is 42.5 Å². The number of aromatic nitrogens is 1. The molecule has 0 aliphatic heterocycles. The Morgan fingerprint density at radius 1 is 0.962 bits per heavy atom. The number of methoxy groups -OCH3 is 1. The highest BCUT2D eigenvalue weighted by Crippen LogP contribution is 2.25. The second kappa shape index (κ2) is 7.25. The minimum Gasteiger partial charge on any atom is -0.481 e. The molecule has 0 unspecified atom stereocenters. The maximum absolute atomic E-state index is 12.5. The van der Waals surface area contributed by atoms with E-state index in [1.165, 1.54) is 19.2 Å². The van der Waals surface area contributed by atoms with Gasteiger partial charge in [-0.3, -0.25) is 4.72 Å². The van der Waals surface area contributed by atoms with Crippen molar-refractivity contribution >= 4 is 21.5 Å². The van der Waals surface area contributed by atoms with Crippen molar-refractivity contribution in [1.82, 2.24) is 4.98 Å². The molecule has 0 amide bonds. The minimum absolute atomic E-state index is 0.128. The molecule has 1 aromatic heterocycles. The van der Waals surface area contributed by atoms with E-state index in [9.17, 15) is 8.42 Å². The third kappa shape index (κ3) is 3.82. The number of hydrogen-bond donors (Lipinski definition) is 1. The summed E-state index contributed by atoms with van der Waals surface area (Å²) in [5.41, 5.74) is 2.33. The van der Waals surface area contributed by atoms with Crippen LogP contribution in [-0.4, -0.2) is 20.5 Å². The SMILES string of the molecule is [C-]#[N+]c1ccc(-c2ccc(S(=O)(=O)Nc3cccc(OC)n3)cc2)cc1. The van der Waals surface area contributed by atoms with Crippen LogP contribution in [0.25, 0.3) is 16.0 Å². The minimum atomic E-state index is -3.76. The average molecular weight is 365 g/mol. The van der Waals surface area contributed by atoms with Crippen molar-refractivity contribution in [3.63, 3.8) is 0 Å². The third-order valence-corrected chi connectivity index (χ3v) is 5.04. The first-order valence-corrected chi connectivity index (χ1v) is 9.12. The van der Waals surface area contributed by atoms with Gasteiger partial charge in [0, 0.05) is 6.07 Å². The first-order valence-electron chi connectivity index (χ1n) is 7.64. The normalized spacial score (nSPS) is 10.8. The number of rotatable bonds is 5. The van der Waals surface area contributed by atoms with Gasteiger partial charge in [-0.15, -0.1) is 0 Å². The van der Waals surface area contributed by atoms with Gasteiger partial charge in [-0.25, -0.2) is 13.3 Å². The summed E-state index contributed by atoms with van der Waals surface area (Å²) < 4.78 is 32.4. The Bertz CT molecular complexity index is 1050. The van der Waals surface area contributed by atoms with Crippen LogP contribution in [0.4, 0.5) is 11.5 Å². The number of pyridine rings is 1. The van der Waals surface area contributed by atoms with E-state index in [-0.39, 0.29) is 10.7 Å². The molecule has 0 radical (unpaired) electrons. The number of anilines is 1. The molecule has 3 aromatic rings. The fourth-order valence-electron chi connectivity index (χ4n) is 2.34. The Kier molecular flexibility index (Phi) is 4.87. The van der Waals surface area contributed by atoms with E-state index in [0.29, 0.717) is 11.6 Å². The molecule has 0 aliphatic carbocycles. The van der Waals surface area contributed by atoms with Gasteiger partial charge >= 0.3 is 0 Å². The lowest BCUT2D eigenvalue weighted by molar-refractivity contribution is 0.398. The molecule has 1 N–H and O–H groups in total. The first kappa shape index (κ1) is 17.5. The number of sulfonamides is 1. The number of ether oxygens (including phenoxy) is 1. The third-order valence-electron chi connectivity index (χ3n) is 3.67. The van der Waals surface area contributed by atoms with Crippen LogP contribution in [-0.2, 0) is 10.0 Å². The Morgan fingerprint density at radius 3 is 2.15 bits per heavy atom. The summed E-state index contributed by atoms with van der Waals surface area (Å²) in [5, 5.41) is 0. The van der Waals surface area contributed by atoms with E-state index in [2.05, 4.69) is 14.6 Å². The van der Waals surface area contributed by atoms with E-state index in [0.717, 1.165) is 11.1 Å². The lowest BCUT2D eigenvalue weighted by atomic mass is 10.1. The second-order valence-electron chi connectivity index (χ2n) is 5.35. The van der Waals surface area contributed by atoms with Crippen LogP contribution in [0.2, 0.25) is 0 Å². The van der Waals surface area contributed by atoms with E-state index >= 15 is 0 Å². The van der Waals surface area contributed by atoms with Crippen molar-refractivity contribution in [2.45, 2.75) is 4.90 Å². The van der Waals surface area contributed by atoms with Gasteiger partial charge in [0.05, 0.1) is 18.6 Å². The molecule has 0 saturated heterocycles. The van der Waals surface area contributed by atoms with Crippen LogP contribution < -0.4 is 9.46 Å². The van der Waals surface area contributed by atoms with Gasteiger partial charge in [0.15, 0.2) is 5.69 Å². The van der Waals surface area contributed by atoms with Crippen molar-refractivity contribution in [3.05, 3.63) is 78.1 Å². The summed E-state index contributed by atoms with van der Waals surface area (Å²) in [4.78, 5) is 7.53. The van der Waals surface area contributed by atoms with E-state index in [1.54, 1.807) is 42.5 Å². The first-order chi connectivity index (χ1) is 12.5. The average Bonchev–Trinajstić information content (AvgIpc) is 2.68. The van der Waals surface area contributed by atoms with Gasteiger partial charge in [0.2, 0.25) is 5.88 Å². The molecule has 0 spiro atoms. The van der Waals surface area contributed by atoms with Crippen LogP contribution in [0, 0.1) is 6.57 Å². The topological polar surface area (TPSA) is 72.7 Å². The molecule has 0 bridgehead atoms. The van der Waals surface area contributed by atoms with E-state index in [4.69, 9.17) is 11.3 Å². The standard InChI is InChI=1S/C19H15N3O3S/c1-20-16-10-6-14(7-11-16)15-8-12-17(13-9-15)26(23,24)22-18-4-3-5-19(21-18)25-2/h3-13H,2H3,(H,21,22). The molecule has 0 saturated carbocycles. The van der Waals surface area contributed by atoms with Crippen molar-refractivity contribution in [2.24, 2.45) is 0 Å². The maximum atomic E-state index is 12.5. The summed E-state index contributed by atoms with van der Waals surface area (Å²) in [5.74, 6) is 0.506. The Labute approximate surface area is 152 Å². The molecule has 3 rings (SSSR count). The summed E-state index contributed by atoms with van der Waals surface area (Å²) in [7, 11) is -2.29. The van der Waals surface area contributed by atoms with Crippen molar-refractivity contribution in [2.75, 3.05) is 11.8 Å². The zero-order valence-corrected chi connectivity index (χ0v) is 14.7. The quantitative estimate of drug-likeness (QED) is 0.691. The van der Waals surface area contributed by atoms with Crippen molar-refractivity contribution in [3.8, 4) is 17.0 Å². The molecule has 0 fully saturated rings. The van der Waals surface area contributed by atoms with Crippen molar-refractivity contribution in [1.29, 1.82) is 0 Å². The molecule has 2 aromatic carbocycles. The highest BCUT2D eigenvalue weighted by Gasteiger charge is 2.15. The van der Waals surface area contributed by atoms with Crippen molar-refractivity contribution < 1.29 is 13.2 Å². The predicted molar refractivity (Wildman–Crippen MR) is 99.7 cm³/mol. The Balaban J connectivity index is 1.83. The van der Waals surface area contributed by atoms with Gasteiger partial charge in [-0.05, 0) is 29.3 Å². The number of benzene rings is 2. The second-order valence-corrected chi connectivity index (χ2v) is 7.04. The van der Waals surface area contributed by atoms with Gasteiger partial charge < -0.3 is 4.74 Å². The lowest BCUT2D eigenvalue weighted by Gasteiger charge is -2.09. The van der Waals surface area contributed by atoms with E-state index in [1.807, 2.05) is 12.1 Å². The zero-order chi connectivity index (χ0) is 18.6. The fourth-order valence-corrected chi connectivity index (χ4v) is 3.34. The smallest absolute Gasteiger partial charge is 0.263 e. The molecule has 26 heavy (non-hydrogen) atoms. The highest BCUT2D eigenvalue weighted by molar-refractivity contribution is 7.92. The van der Waals surface area contributed by atoms with Crippen LogP contribution in [0.15, 0.2) is 71.6 Å². The molecule has 0 atom stereocenters. The highest BCUT2D eigenvalue weighted by atomic mass is 32.2. The van der Waals surface area contributed by atoms with Gasteiger partial charge in [0.25, 0.3) is 10.0 Å². The summed E-state index contributed by atoms with van der Waals surface area (Å²) in [6.45, 7) is 6.97. The van der Waals surface area contributed by atoms with Crippen LogP contribution in [0.1, 0.15) is 0 Å². The van der Waals surface area contributed by atoms with Crippen LogP contribution >= 0.6 is 0 Å². The molecule has 1 heterocycles. The lowest BCUT2D eigenvalue weighted by Crippen LogP contribution is -2.14. The molecular weight excluding hydrogens is 350 g/mol. The van der Waals surface area contributed by atoms with E-state index < -0.39 is 10.0 Å². The molecular formula is C19H15N3O3S. The Morgan fingerprint density at radius 2 is 1.58 bits per heavy atom. The van der Waals surface area contributed by atoms with Gasteiger partial charge in [-0.2, -0.15) is 4.98 Å². The maximum Gasteiger partial charge on any atom is 0.263 e. The predicted octanol–water partition coefficient (Wildman–Crippen LogP) is 4.11. The summed E-state index contributed by atoms with van der Waals surface area (Å²) in [6.07, 6.45) is 0. The van der Waals surface area contributed by atoms with Crippen LogP contribution in [0.3, 0.4) is 0 Å². The summed E-state index contributed by atoms with van der Waals surface area (Å²) >= 11 is 0. The molecule has 6 nitrogen and oxygen atoms in total. The molecule has 130 valence electrons. The van der Waals surface area contributed by atoms with Crippen LogP contribution in [0.5, 0.6) is 5.88 Å². The number of hydrogen-bond acceptors (Lipinski definition) is 4. The Hall–Kier alpha value is -3.37. The molecule has 0 aliphatic rings. The largest absolute Gasteiger partial charge is 0.481 e. The fraction of sp³-hybridized carbons (Fsp3) is 0.0526.